The molecule has 0 radical (unpaired) electrons. The third kappa shape index (κ3) is 6.02. The first-order chi connectivity index (χ1) is 3.31. The molecule has 0 aromatic carbocycles. The number of amides is 1. The average molecular weight is 142 g/mol. The molecule has 5 heteroatoms. The summed E-state index contributed by atoms with van der Waals surface area (Å²) in [7, 11) is 1.19. The van der Waals surface area contributed by atoms with Crippen LogP contribution in [0.25, 0.3) is 0 Å². The number of methoxy groups -OCH3 is 1. The fourth-order valence-corrected chi connectivity index (χ4v) is 0.0967. The molecule has 0 bridgehead atoms. The third-order valence-electron chi connectivity index (χ3n) is 0.343. The molecule has 0 saturated carbocycles. The van der Waals surface area contributed by atoms with Crippen molar-refractivity contribution in [2.75, 3.05) is 7.11 Å². The van der Waals surface area contributed by atoms with E-state index in [9.17, 15) is 4.79 Å². The number of ether oxygens (including phenoxy) is 1. The van der Waals surface area contributed by atoms with Crippen LogP contribution in [-0.2, 0) is 4.74 Å². The summed E-state index contributed by atoms with van der Waals surface area (Å²) in [6.07, 6.45) is 0.660. The van der Waals surface area contributed by atoms with Gasteiger partial charge in [-0.1, -0.05) is 0 Å². The predicted molar refractivity (Wildman–Crippen MR) is 29.1 cm³/mol. The maximum Gasteiger partial charge on any atom is 2.00 e. The molecule has 0 aromatic rings. The van der Waals surface area contributed by atoms with E-state index < -0.39 is 6.09 Å². The third-order valence-corrected chi connectivity index (χ3v) is 0.343. The monoisotopic (exact) mass is 142 g/mol. The average Bonchev–Trinajstić information content (AvgIpc) is 1.68. The second-order valence-corrected chi connectivity index (χ2v) is 0.728. The Labute approximate surface area is 79.8 Å². The number of hydrogen-bond acceptors (Lipinski definition) is 3. The van der Waals surface area contributed by atoms with Gasteiger partial charge in [0.05, 0.1) is 7.11 Å². The van der Waals surface area contributed by atoms with Crippen LogP contribution in [0.2, 0.25) is 0 Å². The van der Waals surface area contributed by atoms with Crippen molar-refractivity contribution < 1.29 is 12.4 Å². The van der Waals surface area contributed by atoms with Crippen molar-refractivity contribution in [3.63, 3.8) is 0 Å². The Hall–Kier alpha value is 0.0197. The fraction of sp³-hybridized carbons (Fsp3) is 0.333. The number of carbonyl (C=O) groups is 1. The number of carbonyl (C=O) groups excluding carboxylic acids is 1. The molecule has 1 amide bonds. The van der Waals surface area contributed by atoms with Crippen molar-refractivity contribution in [2.24, 2.45) is 0 Å². The molecule has 0 aliphatic carbocycles. The molecular weight excluding hydrogens is 136 g/mol. The molecule has 0 aromatic heterocycles. The largest absolute Gasteiger partial charge is 2.00 e. The zero-order chi connectivity index (χ0) is 5.70. The molecule has 0 spiro atoms. The molecule has 0 saturated heterocycles. The van der Waals surface area contributed by atoms with Crippen LogP contribution in [-0.4, -0.2) is 50.9 Å². The Morgan fingerprint density at radius 2 is 2.50 bits per heavy atom. The molecule has 42 valence electrons. The quantitative estimate of drug-likeness (QED) is 0.286. The summed E-state index contributed by atoms with van der Waals surface area (Å²) >= 11 is 0. The molecule has 0 fully saturated rings. The predicted octanol–water partition coefficient (Wildman–Crippen LogP) is -0.332. The van der Waals surface area contributed by atoms with Crippen LogP contribution >= 0.6 is 0 Å². The van der Waals surface area contributed by atoms with Crippen molar-refractivity contribution in [1.82, 2.24) is 5.32 Å². The summed E-state index contributed by atoms with van der Waals surface area (Å²) in [5.41, 5.74) is 0. The van der Waals surface area contributed by atoms with Crippen LogP contribution in [0.1, 0.15) is 2.85 Å². The minimum absolute atomic E-state index is 0. The normalized spacial score (nSPS) is 5.50. The Balaban J connectivity index is -0.0000000600. The van der Waals surface area contributed by atoms with E-state index in [2.05, 4.69) is 4.74 Å². The minimum Gasteiger partial charge on any atom is -1.00 e. The number of nitrogens with zero attached hydrogens (tertiary/aromatic N) is 1. The van der Waals surface area contributed by atoms with Gasteiger partial charge >= 0.3 is 43.8 Å². The first kappa shape index (κ1) is 10.9. The Bertz CT molecular complexity index is 116. The molecule has 0 unspecified atom stereocenters. The smallest absolute Gasteiger partial charge is 1.00 e. The van der Waals surface area contributed by atoms with Crippen molar-refractivity contribution in [3.05, 3.63) is 0 Å². The van der Waals surface area contributed by atoms with Crippen LogP contribution in [0, 0.1) is 11.5 Å². The van der Waals surface area contributed by atoms with Gasteiger partial charge in [-0.3, -0.25) is 0 Å². The maximum atomic E-state index is 9.86. The maximum absolute atomic E-state index is 9.86. The van der Waals surface area contributed by atoms with Crippen molar-refractivity contribution in [1.29, 1.82) is 5.26 Å². The van der Waals surface area contributed by atoms with Gasteiger partial charge in [-0.25, -0.2) is 10.1 Å². The SMILES string of the molecule is COC(=O)NC#N.[Ca+2].[H-].[H-]. The van der Waals surface area contributed by atoms with Crippen LogP contribution in [0.15, 0.2) is 0 Å². The van der Waals surface area contributed by atoms with E-state index in [1.54, 1.807) is 5.32 Å². The van der Waals surface area contributed by atoms with Crippen LogP contribution in [0.3, 0.4) is 0 Å². The Morgan fingerprint density at radius 1 is 2.00 bits per heavy atom. The number of nitriles is 1. The van der Waals surface area contributed by atoms with Gasteiger partial charge in [-0.2, -0.15) is 5.26 Å². The van der Waals surface area contributed by atoms with Gasteiger partial charge in [-0.15, -0.1) is 0 Å². The van der Waals surface area contributed by atoms with Gasteiger partial charge in [0.15, 0.2) is 6.19 Å². The van der Waals surface area contributed by atoms with E-state index in [0.29, 0.717) is 0 Å². The topological polar surface area (TPSA) is 62.1 Å². The molecule has 0 atom stereocenters. The molecular formula is C3H6CaN2O2. The summed E-state index contributed by atoms with van der Waals surface area (Å²) in [6, 6.07) is 0. The second kappa shape index (κ2) is 7.02. The Kier molecular flexibility index (Phi) is 9.57. The van der Waals surface area contributed by atoms with Crippen LogP contribution in [0.5, 0.6) is 0 Å². The molecule has 0 aliphatic rings. The van der Waals surface area contributed by atoms with Gasteiger partial charge < -0.3 is 7.59 Å². The second-order valence-electron chi connectivity index (χ2n) is 0.728. The fourth-order valence-electron chi connectivity index (χ4n) is 0.0967. The Morgan fingerprint density at radius 3 is 2.62 bits per heavy atom. The first-order valence-electron chi connectivity index (χ1n) is 1.54. The zero-order valence-electron chi connectivity index (χ0n) is 6.47. The van der Waals surface area contributed by atoms with Gasteiger partial charge in [0.1, 0.15) is 0 Å². The molecule has 1 N–H and O–H groups in total. The van der Waals surface area contributed by atoms with Crippen molar-refractivity contribution >= 4 is 43.8 Å². The number of rotatable bonds is 0. The molecule has 0 aliphatic heterocycles. The zero-order valence-corrected chi connectivity index (χ0v) is 6.68. The van der Waals surface area contributed by atoms with Gasteiger partial charge in [0.25, 0.3) is 0 Å². The summed E-state index contributed by atoms with van der Waals surface area (Å²) in [5, 5.41) is 9.45. The number of nitrogens with one attached hydrogen (secondary N) is 1. The van der Waals surface area contributed by atoms with E-state index in [-0.39, 0.29) is 40.6 Å². The van der Waals surface area contributed by atoms with E-state index >= 15 is 0 Å². The minimum atomic E-state index is -0.734. The summed E-state index contributed by atoms with van der Waals surface area (Å²) < 4.78 is 4.02. The van der Waals surface area contributed by atoms with E-state index in [1.807, 2.05) is 0 Å². The number of hydrogen-bond donors (Lipinski definition) is 1. The van der Waals surface area contributed by atoms with Crippen LogP contribution in [0.4, 0.5) is 4.79 Å². The molecule has 0 rings (SSSR count). The summed E-state index contributed by atoms with van der Waals surface area (Å²) in [6.45, 7) is 0. The molecule has 0 heterocycles. The van der Waals surface area contributed by atoms with E-state index in [1.165, 1.54) is 13.3 Å². The van der Waals surface area contributed by atoms with Crippen molar-refractivity contribution in [3.8, 4) is 6.19 Å². The summed E-state index contributed by atoms with van der Waals surface area (Å²) in [4.78, 5) is 9.86. The standard InChI is InChI=1S/C3H4N2O2.Ca.2H/c1-7-3(6)5-2-4;;;/h1H3,(H,5,6);;;/q;+2;2*-1. The number of alkyl carbamates (subject to hydrolysis) is 1. The van der Waals surface area contributed by atoms with Gasteiger partial charge in [0.2, 0.25) is 0 Å². The molecule has 8 heavy (non-hydrogen) atoms. The van der Waals surface area contributed by atoms with E-state index in [4.69, 9.17) is 5.26 Å². The van der Waals surface area contributed by atoms with Gasteiger partial charge in [0, 0.05) is 0 Å². The molecule has 4 nitrogen and oxygen atoms in total. The van der Waals surface area contributed by atoms with Crippen molar-refractivity contribution in [2.45, 2.75) is 0 Å². The van der Waals surface area contributed by atoms with Gasteiger partial charge in [-0.05, 0) is 0 Å². The van der Waals surface area contributed by atoms with Crippen LogP contribution < -0.4 is 5.32 Å². The summed E-state index contributed by atoms with van der Waals surface area (Å²) in [5.74, 6) is 0. The van der Waals surface area contributed by atoms with E-state index in [0.717, 1.165) is 0 Å². The first-order valence-corrected chi connectivity index (χ1v) is 1.54.